The third-order valence-corrected chi connectivity index (χ3v) is 2.34. The van der Waals surface area contributed by atoms with E-state index < -0.39 is 0 Å². The lowest BCUT2D eigenvalue weighted by Gasteiger charge is -2.13. The maximum absolute atomic E-state index is 5.73. The van der Waals surface area contributed by atoms with Crippen LogP contribution >= 0.6 is 0 Å². The molecule has 0 heterocycles. The van der Waals surface area contributed by atoms with Crippen molar-refractivity contribution in [2.75, 3.05) is 38.4 Å². The van der Waals surface area contributed by atoms with Crippen LogP contribution in [-0.4, -0.2) is 27.4 Å². The number of hydrogen-bond acceptors (Lipinski definition) is 4. The highest BCUT2D eigenvalue weighted by atomic mass is 16.5. The smallest absolute Gasteiger partial charge is 0.143 e. The van der Waals surface area contributed by atoms with E-state index in [0.717, 1.165) is 18.8 Å². The van der Waals surface area contributed by atoms with Gasteiger partial charge in [0.2, 0.25) is 0 Å². The number of methoxy groups -OCH3 is 2. The lowest BCUT2D eigenvalue weighted by atomic mass is 10.2. The number of ether oxygens (including phenoxy) is 2. The first-order valence-electron chi connectivity index (χ1n) is 5.33. The molecular formula is C12H20N2O2. The van der Waals surface area contributed by atoms with E-state index in [1.54, 1.807) is 14.2 Å². The lowest BCUT2D eigenvalue weighted by Crippen LogP contribution is -2.15. The summed E-state index contributed by atoms with van der Waals surface area (Å²) >= 11 is 0. The van der Waals surface area contributed by atoms with Crippen molar-refractivity contribution in [3.8, 4) is 5.75 Å². The van der Waals surface area contributed by atoms with Crippen LogP contribution in [0.1, 0.15) is 6.92 Å². The molecule has 0 amide bonds. The van der Waals surface area contributed by atoms with E-state index in [-0.39, 0.29) is 0 Å². The normalized spacial score (nSPS) is 12.2. The minimum atomic E-state index is 0.466. The second-order valence-electron chi connectivity index (χ2n) is 3.90. The van der Waals surface area contributed by atoms with E-state index in [2.05, 4.69) is 12.2 Å². The van der Waals surface area contributed by atoms with Gasteiger partial charge in [-0.3, -0.25) is 0 Å². The SMILES string of the molecule is COCC(C)CNc1ccc(N)c(OC)c1. The number of nitrogens with one attached hydrogen (secondary N) is 1. The van der Waals surface area contributed by atoms with Gasteiger partial charge in [-0.2, -0.15) is 0 Å². The van der Waals surface area contributed by atoms with Gasteiger partial charge in [0.05, 0.1) is 19.4 Å². The number of hydrogen-bond donors (Lipinski definition) is 2. The highest BCUT2D eigenvalue weighted by Gasteiger charge is 2.03. The molecule has 0 aliphatic carbocycles. The predicted molar refractivity (Wildman–Crippen MR) is 66.9 cm³/mol. The molecule has 0 radical (unpaired) electrons. The molecule has 0 fully saturated rings. The summed E-state index contributed by atoms with van der Waals surface area (Å²) in [6.07, 6.45) is 0. The molecule has 1 rings (SSSR count). The van der Waals surface area contributed by atoms with Crippen LogP contribution in [0.3, 0.4) is 0 Å². The average molecular weight is 224 g/mol. The summed E-state index contributed by atoms with van der Waals surface area (Å²) in [6.45, 7) is 3.74. The van der Waals surface area contributed by atoms with Crippen molar-refractivity contribution in [2.24, 2.45) is 5.92 Å². The van der Waals surface area contributed by atoms with Gasteiger partial charge >= 0.3 is 0 Å². The first kappa shape index (κ1) is 12.6. The Bertz CT molecular complexity index is 329. The van der Waals surface area contributed by atoms with E-state index in [4.69, 9.17) is 15.2 Å². The Balaban J connectivity index is 2.54. The molecule has 90 valence electrons. The summed E-state index contributed by atoms with van der Waals surface area (Å²) in [4.78, 5) is 0. The summed E-state index contributed by atoms with van der Waals surface area (Å²) in [6, 6.07) is 5.67. The quantitative estimate of drug-likeness (QED) is 0.725. The summed E-state index contributed by atoms with van der Waals surface area (Å²) in [7, 11) is 3.33. The first-order valence-corrected chi connectivity index (χ1v) is 5.33. The van der Waals surface area contributed by atoms with Gasteiger partial charge in [-0.25, -0.2) is 0 Å². The van der Waals surface area contributed by atoms with Gasteiger partial charge in [0.25, 0.3) is 0 Å². The van der Waals surface area contributed by atoms with Crippen molar-refractivity contribution in [1.29, 1.82) is 0 Å². The van der Waals surface area contributed by atoms with E-state index in [9.17, 15) is 0 Å². The zero-order valence-corrected chi connectivity index (χ0v) is 10.1. The molecule has 0 aliphatic heterocycles. The zero-order valence-electron chi connectivity index (χ0n) is 10.1. The Morgan fingerprint density at radius 2 is 2.12 bits per heavy atom. The Kier molecular flexibility index (Phi) is 4.92. The second kappa shape index (κ2) is 6.23. The molecule has 1 unspecified atom stereocenters. The van der Waals surface area contributed by atoms with Crippen LogP contribution in [0, 0.1) is 5.92 Å². The average Bonchev–Trinajstić information content (AvgIpc) is 2.28. The largest absolute Gasteiger partial charge is 0.495 e. The zero-order chi connectivity index (χ0) is 12.0. The summed E-state index contributed by atoms with van der Waals surface area (Å²) in [5, 5.41) is 3.32. The van der Waals surface area contributed by atoms with Gasteiger partial charge in [0.15, 0.2) is 0 Å². The summed E-state index contributed by atoms with van der Waals surface area (Å²) in [5.74, 6) is 1.16. The van der Waals surface area contributed by atoms with Gasteiger partial charge in [-0.15, -0.1) is 0 Å². The molecule has 1 aromatic rings. The van der Waals surface area contributed by atoms with Crippen LogP contribution in [0.5, 0.6) is 5.75 Å². The summed E-state index contributed by atoms with van der Waals surface area (Å²) in [5.41, 5.74) is 7.39. The van der Waals surface area contributed by atoms with Gasteiger partial charge in [-0.05, 0) is 18.1 Å². The molecule has 1 aromatic carbocycles. The van der Waals surface area contributed by atoms with Crippen molar-refractivity contribution in [3.05, 3.63) is 18.2 Å². The first-order chi connectivity index (χ1) is 7.67. The molecule has 0 aromatic heterocycles. The van der Waals surface area contributed by atoms with Crippen molar-refractivity contribution in [1.82, 2.24) is 0 Å². The van der Waals surface area contributed by atoms with Crippen molar-refractivity contribution >= 4 is 11.4 Å². The fourth-order valence-corrected chi connectivity index (χ4v) is 1.46. The van der Waals surface area contributed by atoms with E-state index >= 15 is 0 Å². The van der Waals surface area contributed by atoms with Crippen LogP contribution in [0.25, 0.3) is 0 Å². The lowest BCUT2D eigenvalue weighted by molar-refractivity contribution is 0.164. The van der Waals surface area contributed by atoms with Crippen LogP contribution < -0.4 is 15.8 Å². The van der Waals surface area contributed by atoms with E-state index in [1.807, 2.05) is 18.2 Å². The molecule has 1 atom stereocenters. The maximum Gasteiger partial charge on any atom is 0.143 e. The maximum atomic E-state index is 5.73. The predicted octanol–water partition coefficient (Wildman–Crippen LogP) is 1.97. The number of benzene rings is 1. The van der Waals surface area contributed by atoms with Crippen LogP contribution in [0.15, 0.2) is 18.2 Å². The topological polar surface area (TPSA) is 56.5 Å². The minimum absolute atomic E-state index is 0.466. The van der Waals surface area contributed by atoms with E-state index in [1.165, 1.54) is 0 Å². The molecule has 0 aliphatic rings. The van der Waals surface area contributed by atoms with Crippen molar-refractivity contribution in [2.45, 2.75) is 6.92 Å². The third kappa shape index (κ3) is 3.62. The fourth-order valence-electron chi connectivity index (χ4n) is 1.46. The van der Waals surface area contributed by atoms with Crippen molar-refractivity contribution in [3.63, 3.8) is 0 Å². The van der Waals surface area contributed by atoms with Crippen molar-refractivity contribution < 1.29 is 9.47 Å². The number of rotatable bonds is 6. The molecule has 0 bridgehead atoms. The Hall–Kier alpha value is -1.42. The highest BCUT2D eigenvalue weighted by Crippen LogP contribution is 2.24. The van der Waals surface area contributed by atoms with Gasteiger partial charge in [0.1, 0.15) is 5.75 Å². The highest BCUT2D eigenvalue weighted by molar-refractivity contribution is 5.61. The number of nitrogen functional groups attached to an aromatic ring is 1. The Labute approximate surface area is 96.7 Å². The standard InChI is InChI=1S/C12H20N2O2/c1-9(8-15-2)7-14-10-4-5-11(13)12(6-10)16-3/h4-6,9,14H,7-8,13H2,1-3H3. The molecule has 16 heavy (non-hydrogen) atoms. The van der Waals surface area contributed by atoms with Gasteiger partial charge in [0, 0.05) is 25.4 Å². The monoisotopic (exact) mass is 224 g/mol. The second-order valence-corrected chi connectivity index (χ2v) is 3.90. The number of anilines is 2. The number of nitrogens with two attached hydrogens (primary N) is 1. The van der Waals surface area contributed by atoms with E-state index in [0.29, 0.717) is 17.4 Å². The minimum Gasteiger partial charge on any atom is -0.495 e. The molecule has 4 nitrogen and oxygen atoms in total. The molecule has 0 spiro atoms. The van der Waals surface area contributed by atoms with Gasteiger partial charge in [-0.1, -0.05) is 6.92 Å². The molecule has 0 saturated carbocycles. The molecular weight excluding hydrogens is 204 g/mol. The Morgan fingerprint density at radius 1 is 1.38 bits per heavy atom. The van der Waals surface area contributed by atoms with Crippen LogP contribution in [0.2, 0.25) is 0 Å². The van der Waals surface area contributed by atoms with Crippen LogP contribution in [-0.2, 0) is 4.74 Å². The third-order valence-electron chi connectivity index (χ3n) is 2.34. The molecule has 3 N–H and O–H groups in total. The molecule has 0 saturated heterocycles. The fraction of sp³-hybridized carbons (Fsp3) is 0.500. The Morgan fingerprint density at radius 3 is 2.75 bits per heavy atom. The van der Waals surface area contributed by atoms with Crippen LogP contribution in [0.4, 0.5) is 11.4 Å². The van der Waals surface area contributed by atoms with Gasteiger partial charge < -0.3 is 20.5 Å². The summed E-state index contributed by atoms with van der Waals surface area (Å²) < 4.78 is 10.2. The molecule has 4 heteroatoms.